The number of benzene rings is 1. The average molecular weight is 260 g/mol. The van der Waals surface area contributed by atoms with E-state index in [1.807, 2.05) is 27.0 Å². The molecule has 6 heteroatoms. The van der Waals surface area contributed by atoms with Crippen LogP contribution in [0.1, 0.15) is 34.7 Å². The van der Waals surface area contributed by atoms with Gasteiger partial charge in [-0.3, -0.25) is 0 Å². The number of nitrogens with zero attached hydrogens (tertiary/aromatic N) is 3. The average Bonchev–Trinajstić information content (AvgIpc) is 2.77. The first-order chi connectivity index (χ1) is 8.99. The van der Waals surface area contributed by atoms with Crippen LogP contribution in [0.5, 0.6) is 0 Å². The number of hydrogen-bond acceptors (Lipinski definition) is 4. The highest BCUT2D eigenvalue weighted by molar-refractivity contribution is 5.94. The third-order valence-corrected chi connectivity index (χ3v) is 2.91. The lowest BCUT2D eigenvalue weighted by atomic mass is 10.1. The Bertz CT molecular complexity index is 606. The Morgan fingerprint density at radius 1 is 1.47 bits per heavy atom. The first-order valence-electron chi connectivity index (χ1n) is 5.93. The van der Waals surface area contributed by atoms with Crippen molar-refractivity contribution in [3.63, 3.8) is 0 Å². The van der Waals surface area contributed by atoms with E-state index in [2.05, 4.69) is 15.5 Å². The maximum absolute atomic E-state index is 11.2. The standard InChI is InChI=1S/C13H16N4O2/c1-8-4-5-11(10(6-8)13(18)19)15-9(2)12-16-14-7-17(12)3/h4-7,9,15H,1-3H3,(H,18,19). The van der Waals surface area contributed by atoms with Gasteiger partial charge in [-0.05, 0) is 26.0 Å². The molecule has 1 aromatic carbocycles. The Morgan fingerprint density at radius 3 is 2.79 bits per heavy atom. The molecule has 0 amide bonds. The fraction of sp³-hybridized carbons (Fsp3) is 0.308. The van der Waals surface area contributed by atoms with E-state index in [0.717, 1.165) is 11.4 Å². The molecule has 1 aromatic heterocycles. The molecule has 100 valence electrons. The van der Waals surface area contributed by atoms with Gasteiger partial charge in [0.05, 0.1) is 11.6 Å². The minimum absolute atomic E-state index is 0.131. The summed E-state index contributed by atoms with van der Waals surface area (Å²) in [6, 6.07) is 5.16. The van der Waals surface area contributed by atoms with E-state index in [1.165, 1.54) is 0 Å². The predicted octanol–water partition coefficient (Wildman–Crippen LogP) is 1.99. The number of carboxylic acids is 1. The maximum atomic E-state index is 11.2. The zero-order valence-electron chi connectivity index (χ0n) is 11.1. The molecular formula is C13H16N4O2. The summed E-state index contributed by atoms with van der Waals surface area (Å²) in [5.74, 6) is -0.201. The van der Waals surface area contributed by atoms with Gasteiger partial charge in [0.15, 0.2) is 5.82 Å². The Balaban J connectivity index is 2.29. The number of rotatable bonds is 4. The molecule has 0 aliphatic rings. The number of hydrogen-bond donors (Lipinski definition) is 2. The quantitative estimate of drug-likeness (QED) is 0.878. The Kier molecular flexibility index (Phi) is 3.50. The normalized spacial score (nSPS) is 12.2. The molecular weight excluding hydrogens is 244 g/mol. The van der Waals surface area contributed by atoms with E-state index < -0.39 is 5.97 Å². The van der Waals surface area contributed by atoms with Gasteiger partial charge in [-0.1, -0.05) is 11.6 Å². The highest BCUT2D eigenvalue weighted by Crippen LogP contribution is 2.22. The van der Waals surface area contributed by atoms with Gasteiger partial charge >= 0.3 is 5.97 Å². The fourth-order valence-electron chi connectivity index (χ4n) is 1.94. The van der Waals surface area contributed by atoms with Gasteiger partial charge in [0.1, 0.15) is 6.33 Å². The number of nitrogens with one attached hydrogen (secondary N) is 1. The van der Waals surface area contributed by atoms with Crippen molar-refractivity contribution < 1.29 is 9.90 Å². The third kappa shape index (κ3) is 2.73. The summed E-state index contributed by atoms with van der Waals surface area (Å²) >= 11 is 0. The van der Waals surface area contributed by atoms with Crippen molar-refractivity contribution in [2.24, 2.45) is 7.05 Å². The zero-order chi connectivity index (χ0) is 14.0. The first kappa shape index (κ1) is 13.1. The van der Waals surface area contributed by atoms with Crippen LogP contribution in [0.25, 0.3) is 0 Å². The number of aryl methyl sites for hydroxylation is 2. The van der Waals surface area contributed by atoms with Crippen LogP contribution in [-0.2, 0) is 7.05 Å². The van der Waals surface area contributed by atoms with E-state index >= 15 is 0 Å². The summed E-state index contributed by atoms with van der Waals surface area (Å²) in [7, 11) is 1.85. The van der Waals surface area contributed by atoms with Crippen molar-refractivity contribution in [1.29, 1.82) is 0 Å². The van der Waals surface area contributed by atoms with Crippen LogP contribution >= 0.6 is 0 Å². The molecule has 0 saturated heterocycles. The molecule has 2 aromatic rings. The van der Waals surface area contributed by atoms with Crippen LogP contribution in [0.4, 0.5) is 5.69 Å². The van der Waals surface area contributed by atoms with E-state index in [1.54, 1.807) is 23.0 Å². The fourth-order valence-corrected chi connectivity index (χ4v) is 1.94. The first-order valence-corrected chi connectivity index (χ1v) is 5.93. The molecule has 1 atom stereocenters. The second-order valence-corrected chi connectivity index (χ2v) is 4.52. The van der Waals surface area contributed by atoms with E-state index in [4.69, 9.17) is 0 Å². The predicted molar refractivity (Wildman–Crippen MR) is 71.2 cm³/mol. The number of carbonyl (C=O) groups is 1. The number of aromatic nitrogens is 3. The molecule has 0 aliphatic heterocycles. The Morgan fingerprint density at radius 2 is 2.21 bits per heavy atom. The molecule has 2 N–H and O–H groups in total. The topological polar surface area (TPSA) is 80.0 Å². The summed E-state index contributed by atoms with van der Waals surface area (Å²) in [4.78, 5) is 11.2. The molecule has 2 rings (SSSR count). The second kappa shape index (κ2) is 5.09. The Hall–Kier alpha value is -2.37. The molecule has 6 nitrogen and oxygen atoms in total. The lowest BCUT2D eigenvalue weighted by molar-refractivity contribution is 0.0698. The van der Waals surface area contributed by atoms with Crippen molar-refractivity contribution in [3.8, 4) is 0 Å². The van der Waals surface area contributed by atoms with Gasteiger partial charge in [0.2, 0.25) is 0 Å². The van der Waals surface area contributed by atoms with Crippen LogP contribution in [0.3, 0.4) is 0 Å². The molecule has 0 saturated carbocycles. The molecule has 0 bridgehead atoms. The van der Waals surface area contributed by atoms with Crippen molar-refractivity contribution in [1.82, 2.24) is 14.8 Å². The largest absolute Gasteiger partial charge is 0.478 e. The molecule has 1 unspecified atom stereocenters. The zero-order valence-corrected chi connectivity index (χ0v) is 11.1. The molecule has 1 heterocycles. The summed E-state index contributed by atoms with van der Waals surface area (Å²) in [5, 5.41) is 20.2. The molecule has 0 radical (unpaired) electrons. The molecule has 0 spiro atoms. The van der Waals surface area contributed by atoms with Crippen LogP contribution in [0.15, 0.2) is 24.5 Å². The van der Waals surface area contributed by atoms with Crippen LogP contribution in [-0.4, -0.2) is 25.8 Å². The monoisotopic (exact) mass is 260 g/mol. The lowest BCUT2D eigenvalue weighted by Crippen LogP contribution is -2.14. The number of anilines is 1. The van der Waals surface area contributed by atoms with Crippen LogP contribution in [0, 0.1) is 6.92 Å². The van der Waals surface area contributed by atoms with Gasteiger partial charge in [-0.15, -0.1) is 10.2 Å². The third-order valence-electron chi connectivity index (χ3n) is 2.91. The number of aromatic carboxylic acids is 1. The van der Waals surface area contributed by atoms with Crippen LogP contribution in [0.2, 0.25) is 0 Å². The van der Waals surface area contributed by atoms with Gasteiger partial charge in [0, 0.05) is 12.7 Å². The summed E-state index contributed by atoms with van der Waals surface area (Å²) in [6.07, 6.45) is 1.61. The Labute approximate surface area is 111 Å². The summed E-state index contributed by atoms with van der Waals surface area (Å²) in [6.45, 7) is 3.78. The van der Waals surface area contributed by atoms with Crippen LogP contribution < -0.4 is 5.32 Å². The van der Waals surface area contributed by atoms with E-state index in [-0.39, 0.29) is 11.6 Å². The van der Waals surface area contributed by atoms with Gasteiger partial charge in [0.25, 0.3) is 0 Å². The minimum atomic E-state index is -0.948. The summed E-state index contributed by atoms with van der Waals surface area (Å²) < 4.78 is 1.80. The van der Waals surface area contributed by atoms with Gasteiger partial charge < -0.3 is 15.0 Å². The van der Waals surface area contributed by atoms with Crippen molar-refractivity contribution >= 4 is 11.7 Å². The summed E-state index contributed by atoms with van der Waals surface area (Å²) in [5.41, 5.74) is 1.75. The molecule has 19 heavy (non-hydrogen) atoms. The second-order valence-electron chi connectivity index (χ2n) is 4.52. The van der Waals surface area contributed by atoms with Crippen molar-refractivity contribution in [2.75, 3.05) is 5.32 Å². The van der Waals surface area contributed by atoms with Gasteiger partial charge in [-0.25, -0.2) is 4.79 Å². The smallest absolute Gasteiger partial charge is 0.337 e. The van der Waals surface area contributed by atoms with Crippen molar-refractivity contribution in [2.45, 2.75) is 19.9 Å². The number of carboxylic acid groups (broad SMARTS) is 1. The highest BCUT2D eigenvalue weighted by Gasteiger charge is 2.15. The molecule has 0 aliphatic carbocycles. The highest BCUT2D eigenvalue weighted by atomic mass is 16.4. The SMILES string of the molecule is Cc1ccc(NC(C)c2nncn2C)c(C(=O)O)c1. The molecule has 0 fully saturated rings. The van der Waals surface area contributed by atoms with E-state index in [9.17, 15) is 9.90 Å². The minimum Gasteiger partial charge on any atom is -0.478 e. The maximum Gasteiger partial charge on any atom is 0.337 e. The lowest BCUT2D eigenvalue weighted by Gasteiger charge is -2.16. The van der Waals surface area contributed by atoms with Gasteiger partial charge in [-0.2, -0.15) is 0 Å². The van der Waals surface area contributed by atoms with Crippen molar-refractivity contribution in [3.05, 3.63) is 41.5 Å². The van der Waals surface area contributed by atoms with E-state index in [0.29, 0.717) is 5.69 Å².